The average molecular weight is 223 g/mol. The quantitative estimate of drug-likeness (QED) is 0.780. The van der Waals surface area contributed by atoms with Gasteiger partial charge in [0.25, 0.3) is 0 Å². The van der Waals surface area contributed by atoms with Crippen molar-refractivity contribution in [2.24, 2.45) is 0 Å². The lowest BCUT2D eigenvalue weighted by atomic mass is 9.99. The van der Waals surface area contributed by atoms with Gasteiger partial charge in [-0.2, -0.15) is 5.26 Å². The fourth-order valence-electron chi connectivity index (χ4n) is 1.94. The van der Waals surface area contributed by atoms with Crippen molar-refractivity contribution in [2.45, 2.75) is 6.92 Å². The first kappa shape index (κ1) is 11.2. The van der Waals surface area contributed by atoms with E-state index in [0.29, 0.717) is 5.56 Å². The Morgan fingerprint density at radius 2 is 1.82 bits per heavy atom. The van der Waals surface area contributed by atoms with Gasteiger partial charge in [0.1, 0.15) is 5.75 Å². The van der Waals surface area contributed by atoms with E-state index in [9.17, 15) is 0 Å². The van der Waals surface area contributed by atoms with Gasteiger partial charge in [-0.1, -0.05) is 30.3 Å². The molecular weight excluding hydrogens is 210 g/mol. The van der Waals surface area contributed by atoms with E-state index in [0.717, 1.165) is 22.4 Å². The molecular formula is C15H13NO. The van der Waals surface area contributed by atoms with E-state index in [1.165, 1.54) is 0 Å². The number of aryl methyl sites for hydroxylation is 1. The molecule has 0 bridgehead atoms. The van der Waals surface area contributed by atoms with Crippen LogP contribution < -0.4 is 4.74 Å². The summed E-state index contributed by atoms with van der Waals surface area (Å²) in [5, 5.41) is 9.01. The summed E-state index contributed by atoms with van der Waals surface area (Å²) in [5.74, 6) is 0.829. The first-order valence-electron chi connectivity index (χ1n) is 5.40. The number of hydrogen-bond donors (Lipinski definition) is 0. The van der Waals surface area contributed by atoms with E-state index in [-0.39, 0.29) is 0 Å². The third-order valence-corrected chi connectivity index (χ3v) is 2.69. The summed E-state index contributed by atoms with van der Waals surface area (Å²) < 4.78 is 5.42. The molecule has 17 heavy (non-hydrogen) atoms. The maximum absolute atomic E-state index is 9.01. The third-order valence-electron chi connectivity index (χ3n) is 2.69. The molecule has 2 rings (SSSR count). The van der Waals surface area contributed by atoms with Crippen LogP contribution >= 0.6 is 0 Å². The zero-order valence-electron chi connectivity index (χ0n) is 9.90. The molecule has 0 saturated carbocycles. The molecule has 0 aliphatic heterocycles. The van der Waals surface area contributed by atoms with Crippen LogP contribution in [0.15, 0.2) is 42.5 Å². The number of hydrogen-bond acceptors (Lipinski definition) is 2. The summed E-state index contributed by atoms with van der Waals surface area (Å²) in [7, 11) is 1.65. The summed E-state index contributed by atoms with van der Waals surface area (Å²) >= 11 is 0. The standard InChI is InChI=1S/C15H13NO/c1-11-8-12(10-16)9-14(15(11)17-2)13-6-4-3-5-7-13/h3-9H,1-2H3. The lowest BCUT2D eigenvalue weighted by Gasteiger charge is -2.12. The van der Waals surface area contributed by atoms with Gasteiger partial charge in [0.2, 0.25) is 0 Å². The Balaban J connectivity index is 2.68. The molecule has 2 aromatic rings. The number of ether oxygens (including phenoxy) is 1. The Kier molecular flexibility index (Phi) is 3.11. The highest BCUT2D eigenvalue weighted by atomic mass is 16.5. The molecule has 0 fully saturated rings. The molecule has 2 heteroatoms. The van der Waals surface area contributed by atoms with Crippen LogP contribution in [0.3, 0.4) is 0 Å². The molecule has 0 aliphatic rings. The second-order valence-corrected chi connectivity index (χ2v) is 3.85. The predicted octanol–water partition coefficient (Wildman–Crippen LogP) is 3.54. The van der Waals surface area contributed by atoms with Crippen molar-refractivity contribution in [1.82, 2.24) is 0 Å². The molecule has 0 N–H and O–H groups in total. The highest BCUT2D eigenvalue weighted by molar-refractivity contribution is 5.73. The van der Waals surface area contributed by atoms with Gasteiger partial charge in [-0.3, -0.25) is 0 Å². The predicted molar refractivity (Wildman–Crippen MR) is 67.9 cm³/mol. The van der Waals surface area contributed by atoms with E-state index >= 15 is 0 Å². The molecule has 0 aliphatic carbocycles. The summed E-state index contributed by atoms with van der Waals surface area (Å²) in [5.41, 5.74) is 3.65. The molecule has 0 radical (unpaired) electrons. The van der Waals surface area contributed by atoms with Gasteiger partial charge in [0, 0.05) is 5.56 Å². The van der Waals surface area contributed by atoms with Crippen molar-refractivity contribution >= 4 is 0 Å². The highest BCUT2D eigenvalue weighted by Gasteiger charge is 2.10. The fourth-order valence-corrected chi connectivity index (χ4v) is 1.94. The Labute approximate surface area is 101 Å². The molecule has 84 valence electrons. The summed E-state index contributed by atoms with van der Waals surface area (Å²) in [4.78, 5) is 0. The minimum atomic E-state index is 0.655. The highest BCUT2D eigenvalue weighted by Crippen LogP contribution is 2.33. The molecule has 0 atom stereocenters. The molecule has 0 unspecified atom stereocenters. The molecule has 0 amide bonds. The van der Waals surface area contributed by atoms with Crippen LogP contribution in [0.5, 0.6) is 5.75 Å². The number of benzene rings is 2. The lowest BCUT2D eigenvalue weighted by molar-refractivity contribution is 0.413. The van der Waals surface area contributed by atoms with Gasteiger partial charge in [0.05, 0.1) is 18.7 Å². The van der Waals surface area contributed by atoms with Gasteiger partial charge < -0.3 is 4.74 Å². The summed E-state index contributed by atoms with van der Waals surface area (Å²) in [6.07, 6.45) is 0. The van der Waals surface area contributed by atoms with Gasteiger partial charge >= 0.3 is 0 Å². The normalized spacial score (nSPS) is 9.71. The molecule has 2 aromatic carbocycles. The fraction of sp³-hybridized carbons (Fsp3) is 0.133. The number of methoxy groups -OCH3 is 1. The zero-order chi connectivity index (χ0) is 12.3. The summed E-state index contributed by atoms with van der Waals surface area (Å²) in [6.45, 7) is 1.95. The number of nitriles is 1. The van der Waals surface area contributed by atoms with Gasteiger partial charge in [-0.15, -0.1) is 0 Å². The van der Waals surface area contributed by atoms with E-state index in [4.69, 9.17) is 10.00 Å². The van der Waals surface area contributed by atoms with Crippen LogP contribution in [-0.4, -0.2) is 7.11 Å². The van der Waals surface area contributed by atoms with E-state index < -0.39 is 0 Å². The SMILES string of the molecule is COc1c(C)cc(C#N)cc1-c1ccccc1. The van der Waals surface area contributed by atoms with E-state index in [1.807, 2.05) is 49.4 Å². The maximum atomic E-state index is 9.01. The third kappa shape index (κ3) is 2.14. The Hall–Kier alpha value is -2.27. The molecule has 0 aromatic heterocycles. The largest absolute Gasteiger partial charge is 0.496 e. The minimum absolute atomic E-state index is 0.655. The summed E-state index contributed by atoms with van der Waals surface area (Å²) in [6, 6.07) is 15.8. The van der Waals surface area contributed by atoms with Crippen molar-refractivity contribution in [3.63, 3.8) is 0 Å². The molecule has 2 nitrogen and oxygen atoms in total. The van der Waals surface area contributed by atoms with E-state index in [1.54, 1.807) is 7.11 Å². The van der Waals surface area contributed by atoms with Crippen molar-refractivity contribution in [3.05, 3.63) is 53.6 Å². The number of rotatable bonds is 2. The molecule has 0 spiro atoms. The average Bonchev–Trinajstić information content (AvgIpc) is 2.38. The maximum Gasteiger partial charge on any atom is 0.129 e. The van der Waals surface area contributed by atoms with Crippen LogP contribution in [0.25, 0.3) is 11.1 Å². The van der Waals surface area contributed by atoms with Crippen molar-refractivity contribution < 1.29 is 4.74 Å². The topological polar surface area (TPSA) is 33.0 Å². The number of nitrogens with zero attached hydrogens (tertiary/aromatic N) is 1. The zero-order valence-corrected chi connectivity index (χ0v) is 9.90. The van der Waals surface area contributed by atoms with Crippen LogP contribution in [0, 0.1) is 18.3 Å². The monoisotopic (exact) mass is 223 g/mol. The Bertz CT molecular complexity index is 567. The molecule has 0 saturated heterocycles. The first-order valence-corrected chi connectivity index (χ1v) is 5.40. The molecule has 0 heterocycles. The van der Waals surface area contributed by atoms with E-state index in [2.05, 4.69) is 6.07 Å². The lowest BCUT2D eigenvalue weighted by Crippen LogP contribution is -1.93. The van der Waals surface area contributed by atoms with Gasteiger partial charge in [-0.25, -0.2) is 0 Å². The first-order chi connectivity index (χ1) is 8.26. The second-order valence-electron chi connectivity index (χ2n) is 3.85. The van der Waals surface area contributed by atoms with Crippen LogP contribution in [0.4, 0.5) is 0 Å². The second kappa shape index (κ2) is 4.71. The Morgan fingerprint density at radius 3 is 2.41 bits per heavy atom. The Morgan fingerprint density at radius 1 is 1.12 bits per heavy atom. The van der Waals surface area contributed by atoms with Crippen molar-refractivity contribution in [1.29, 1.82) is 5.26 Å². The van der Waals surface area contributed by atoms with Crippen LogP contribution in [0.1, 0.15) is 11.1 Å². The van der Waals surface area contributed by atoms with Gasteiger partial charge in [-0.05, 0) is 30.2 Å². The van der Waals surface area contributed by atoms with Crippen LogP contribution in [-0.2, 0) is 0 Å². The van der Waals surface area contributed by atoms with Crippen molar-refractivity contribution in [3.8, 4) is 22.9 Å². The smallest absolute Gasteiger partial charge is 0.129 e. The minimum Gasteiger partial charge on any atom is -0.496 e. The van der Waals surface area contributed by atoms with Crippen molar-refractivity contribution in [2.75, 3.05) is 7.11 Å². The van der Waals surface area contributed by atoms with Gasteiger partial charge in [0.15, 0.2) is 0 Å². The van der Waals surface area contributed by atoms with Crippen LogP contribution in [0.2, 0.25) is 0 Å².